The van der Waals surface area contributed by atoms with Crippen LogP contribution in [0.2, 0.25) is 0 Å². The van der Waals surface area contributed by atoms with Crippen molar-refractivity contribution in [3.63, 3.8) is 0 Å². The van der Waals surface area contributed by atoms with Gasteiger partial charge in [0, 0.05) is 13.1 Å². The monoisotopic (exact) mass is 435 g/mol. The number of anilines is 2. The Morgan fingerprint density at radius 2 is 1.78 bits per heavy atom. The van der Waals surface area contributed by atoms with Crippen LogP contribution < -0.4 is 10.0 Å². The van der Waals surface area contributed by atoms with E-state index in [1.54, 1.807) is 0 Å². The highest BCUT2D eigenvalue weighted by molar-refractivity contribution is 7.92. The highest BCUT2D eigenvalue weighted by atomic mass is 32.2. The second-order valence-corrected chi connectivity index (χ2v) is 10.4. The lowest BCUT2D eigenvalue weighted by Crippen LogP contribution is -2.35. The summed E-state index contributed by atoms with van der Waals surface area (Å²) in [7, 11) is -7.29. The van der Waals surface area contributed by atoms with E-state index in [-0.39, 0.29) is 21.1 Å². The third-order valence-electron chi connectivity index (χ3n) is 3.63. The molecule has 2 aromatic rings. The van der Waals surface area contributed by atoms with E-state index in [2.05, 4.69) is 20.2 Å². The molecule has 2 N–H and O–H groups in total. The predicted octanol–water partition coefficient (Wildman–Crippen LogP) is 0.929. The first-order chi connectivity index (χ1) is 12.6. The van der Waals surface area contributed by atoms with Gasteiger partial charge in [-0.15, -0.1) is 10.2 Å². The highest BCUT2D eigenvalue weighted by Gasteiger charge is 2.29. The normalized spacial score (nSPS) is 16.2. The molecule has 0 aromatic carbocycles. The number of nitrogens with zero attached hydrogens (tertiary/aromatic N) is 3. The molecule has 2 aromatic heterocycles. The van der Waals surface area contributed by atoms with Gasteiger partial charge in [0.1, 0.15) is 0 Å². The second kappa shape index (κ2) is 7.53. The maximum atomic E-state index is 12.5. The topological polar surface area (TPSA) is 152 Å². The van der Waals surface area contributed by atoms with Crippen molar-refractivity contribution in [3.05, 3.63) is 17.9 Å². The Labute approximate surface area is 159 Å². The van der Waals surface area contributed by atoms with Crippen LogP contribution in [0.3, 0.4) is 0 Å². The van der Waals surface area contributed by atoms with Crippen LogP contribution in [0.15, 0.2) is 21.6 Å². The Hall–Kier alpha value is -2.03. The Balaban J connectivity index is 1.70. The molecule has 0 unspecified atom stereocenters. The van der Waals surface area contributed by atoms with Crippen molar-refractivity contribution in [2.75, 3.05) is 29.4 Å². The maximum Gasteiger partial charge on any atom is 0.293 e. The number of hydrogen-bond acceptors (Lipinski definition) is 9. The van der Waals surface area contributed by atoms with Gasteiger partial charge in [0.15, 0.2) is 5.76 Å². The van der Waals surface area contributed by atoms with Crippen molar-refractivity contribution < 1.29 is 26.0 Å². The largest absolute Gasteiger partial charge is 0.438 e. The SMILES string of the molecule is CS(=O)(=O)Nc1nnc(NC(=O)c2ccc(S(=O)(=O)N3CCCCC3)o2)s1. The Kier molecular flexibility index (Phi) is 5.50. The van der Waals surface area contributed by atoms with E-state index >= 15 is 0 Å². The molecule has 0 saturated carbocycles. The molecule has 1 fully saturated rings. The number of hydrogen-bond donors (Lipinski definition) is 2. The summed E-state index contributed by atoms with van der Waals surface area (Å²) in [5.41, 5.74) is 0. The van der Waals surface area contributed by atoms with Crippen molar-refractivity contribution in [2.24, 2.45) is 0 Å². The average Bonchev–Trinajstić information content (AvgIpc) is 3.24. The zero-order chi connectivity index (χ0) is 19.7. The smallest absolute Gasteiger partial charge is 0.293 e. The molecule has 0 atom stereocenters. The molecule has 3 heterocycles. The molecular weight excluding hydrogens is 418 g/mol. The second-order valence-electron chi connectivity index (χ2n) is 5.82. The van der Waals surface area contributed by atoms with Crippen LogP contribution in [0.1, 0.15) is 29.8 Å². The number of nitrogens with one attached hydrogen (secondary N) is 2. The number of amides is 1. The van der Waals surface area contributed by atoms with Crippen molar-refractivity contribution in [3.8, 4) is 0 Å². The van der Waals surface area contributed by atoms with Crippen LogP contribution in [0.5, 0.6) is 0 Å². The van der Waals surface area contributed by atoms with Crippen molar-refractivity contribution in [2.45, 2.75) is 24.4 Å². The number of sulfonamides is 2. The van der Waals surface area contributed by atoms with E-state index in [4.69, 9.17) is 4.42 Å². The molecule has 0 aliphatic carbocycles. The van der Waals surface area contributed by atoms with Crippen molar-refractivity contribution in [1.82, 2.24) is 14.5 Å². The predicted molar refractivity (Wildman–Crippen MR) is 97.6 cm³/mol. The fraction of sp³-hybridized carbons (Fsp3) is 0.462. The van der Waals surface area contributed by atoms with Gasteiger partial charge >= 0.3 is 0 Å². The lowest BCUT2D eigenvalue weighted by molar-refractivity contribution is 0.0991. The molecule has 11 nitrogen and oxygen atoms in total. The summed E-state index contributed by atoms with van der Waals surface area (Å²) in [5, 5.41) is 9.32. The van der Waals surface area contributed by atoms with Gasteiger partial charge in [-0.3, -0.25) is 14.8 Å². The van der Waals surface area contributed by atoms with Gasteiger partial charge in [-0.1, -0.05) is 17.8 Å². The van der Waals surface area contributed by atoms with Gasteiger partial charge in [-0.25, -0.2) is 16.8 Å². The summed E-state index contributed by atoms with van der Waals surface area (Å²) >= 11 is 0.805. The van der Waals surface area contributed by atoms with Crippen LogP contribution in [0.25, 0.3) is 0 Å². The minimum absolute atomic E-state index is 0.0133. The van der Waals surface area contributed by atoms with Gasteiger partial charge in [0.25, 0.3) is 15.9 Å². The third kappa shape index (κ3) is 4.82. The van der Waals surface area contributed by atoms with Crippen molar-refractivity contribution >= 4 is 47.6 Å². The summed E-state index contributed by atoms with van der Waals surface area (Å²) in [6.45, 7) is 0.844. The maximum absolute atomic E-state index is 12.5. The molecule has 3 rings (SSSR count). The van der Waals surface area contributed by atoms with Gasteiger partial charge in [-0.05, 0) is 25.0 Å². The summed E-state index contributed by atoms with van der Waals surface area (Å²) < 4.78 is 56.1. The molecular formula is C13H17N5O6S3. The standard InChI is InChI=1S/C13H17N5O6S3/c1-26(20,21)17-13-16-15-12(25-13)14-11(19)9-5-6-10(24-9)27(22,23)18-7-3-2-4-8-18/h5-6H,2-4,7-8H2,1H3,(H,16,17)(H,14,15,19). The molecule has 1 aliphatic rings. The van der Waals surface area contributed by atoms with Crippen LogP contribution in [-0.4, -0.2) is 56.6 Å². The molecule has 14 heteroatoms. The molecule has 148 valence electrons. The third-order valence-corrected chi connectivity index (χ3v) is 6.85. The number of carbonyl (C=O) groups is 1. The number of piperidine rings is 1. The molecule has 1 amide bonds. The first-order valence-corrected chi connectivity index (χ1v) is 12.0. The zero-order valence-electron chi connectivity index (χ0n) is 14.2. The van der Waals surface area contributed by atoms with E-state index in [9.17, 15) is 21.6 Å². The van der Waals surface area contributed by atoms with E-state index < -0.39 is 26.0 Å². The Morgan fingerprint density at radius 1 is 1.11 bits per heavy atom. The minimum atomic E-state index is -3.78. The van der Waals surface area contributed by atoms with Crippen LogP contribution in [0.4, 0.5) is 10.3 Å². The Morgan fingerprint density at radius 3 is 2.44 bits per heavy atom. The number of furan rings is 1. The molecule has 1 aliphatic heterocycles. The number of aromatic nitrogens is 2. The van der Waals surface area contributed by atoms with Crippen molar-refractivity contribution in [1.29, 1.82) is 0 Å². The summed E-state index contributed by atoms with van der Waals surface area (Å²) in [5.74, 6) is -0.935. The van der Waals surface area contributed by atoms with Gasteiger partial charge in [0.05, 0.1) is 6.26 Å². The zero-order valence-corrected chi connectivity index (χ0v) is 16.7. The van der Waals surface area contributed by atoms with Gasteiger partial charge in [-0.2, -0.15) is 4.31 Å². The highest BCUT2D eigenvalue weighted by Crippen LogP contribution is 2.24. The lowest BCUT2D eigenvalue weighted by atomic mass is 10.2. The number of carbonyl (C=O) groups excluding carboxylic acids is 1. The fourth-order valence-corrected chi connectivity index (χ4v) is 5.34. The van der Waals surface area contributed by atoms with E-state index in [0.29, 0.717) is 13.1 Å². The van der Waals surface area contributed by atoms with E-state index in [1.165, 1.54) is 16.4 Å². The van der Waals surface area contributed by atoms with E-state index in [0.717, 1.165) is 36.9 Å². The number of rotatable bonds is 6. The van der Waals surface area contributed by atoms with Crippen LogP contribution in [0, 0.1) is 0 Å². The quantitative estimate of drug-likeness (QED) is 0.680. The fourth-order valence-electron chi connectivity index (χ4n) is 2.45. The van der Waals surface area contributed by atoms with E-state index in [1.807, 2.05) is 0 Å². The lowest BCUT2D eigenvalue weighted by Gasteiger charge is -2.24. The summed E-state index contributed by atoms with van der Waals surface area (Å²) in [6.07, 6.45) is 3.51. The van der Waals surface area contributed by atoms with Gasteiger partial charge < -0.3 is 4.42 Å². The molecule has 0 spiro atoms. The minimum Gasteiger partial charge on any atom is -0.438 e. The van der Waals surface area contributed by atoms with Crippen LogP contribution in [-0.2, 0) is 20.0 Å². The molecule has 1 saturated heterocycles. The average molecular weight is 436 g/mol. The van der Waals surface area contributed by atoms with Gasteiger partial charge in [0.2, 0.25) is 25.4 Å². The molecule has 0 radical (unpaired) electrons. The van der Waals surface area contributed by atoms with Crippen LogP contribution >= 0.6 is 11.3 Å². The molecule has 27 heavy (non-hydrogen) atoms. The summed E-state index contributed by atoms with van der Waals surface area (Å²) in [4.78, 5) is 12.2. The first-order valence-electron chi connectivity index (χ1n) is 7.88. The molecule has 0 bridgehead atoms. The Bertz CT molecular complexity index is 1040. The first kappa shape index (κ1) is 19.7. The summed E-state index contributed by atoms with van der Waals surface area (Å²) in [6, 6.07) is 2.48.